The molecule has 24 heavy (non-hydrogen) atoms. The van der Waals surface area contributed by atoms with Gasteiger partial charge in [0.1, 0.15) is 0 Å². The maximum Gasteiger partial charge on any atom is 0.317 e. The highest BCUT2D eigenvalue weighted by atomic mass is 16.5. The lowest BCUT2D eigenvalue weighted by atomic mass is 9.88. The largest absolute Gasteiger partial charge is 0.481 e. The first kappa shape index (κ1) is 18.3. The zero-order chi connectivity index (χ0) is 17.5. The van der Waals surface area contributed by atoms with Crippen LogP contribution >= 0.6 is 0 Å². The predicted octanol–water partition coefficient (Wildman–Crippen LogP) is 2.28. The molecule has 6 heteroatoms. The smallest absolute Gasteiger partial charge is 0.317 e. The van der Waals surface area contributed by atoms with Crippen LogP contribution in [0.3, 0.4) is 0 Å². The van der Waals surface area contributed by atoms with E-state index in [4.69, 9.17) is 9.84 Å². The summed E-state index contributed by atoms with van der Waals surface area (Å²) in [6.07, 6.45) is 3.00. The highest BCUT2D eigenvalue weighted by Gasteiger charge is 2.34. The van der Waals surface area contributed by atoms with E-state index in [9.17, 15) is 9.59 Å². The third-order valence-electron chi connectivity index (χ3n) is 4.63. The summed E-state index contributed by atoms with van der Waals surface area (Å²) in [5.41, 5.74) is 1.08. The monoisotopic (exact) mass is 334 g/mol. The van der Waals surface area contributed by atoms with Crippen molar-refractivity contribution < 1.29 is 19.4 Å². The van der Waals surface area contributed by atoms with Crippen LogP contribution in [0.5, 0.6) is 0 Å². The highest BCUT2D eigenvalue weighted by molar-refractivity contribution is 5.75. The topological polar surface area (TPSA) is 78.9 Å². The Labute approximate surface area is 142 Å². The lowest BCUT2D eigenvalue weighted by Crippen LogP contribution is -2.53. The van der Waals surface area contributed by atoms with Crippen LogP contribution in [-0.4, -0.2) is 54.4 Å². The van der Waals surface area contributed by atoms with Crippen LogP contribution in [0.1, 0.15) is 31.2 Å². The summed E-state index contributed by atoms with van der Waals surface area (Å²) in [5.74, 6) is -0.849. The lowest BCUT2D eigenvalue weighted by Gasteiger charge is -2.40. The summed E-state index contributed by atoms with van der Waals surface area (Å²) in [5, 5.41) is 11.9. The van der Waals surface area contributed by atoms with E-state index in [0.717, 1.165) is 18.4 Å². The molecule has 1 atom stereocenters. The first-order chi connectivity index (χ1) is 11.5. The molecule has 1 aromatic carbocycles. The SMILES string of the molecule is COC1CC(N(C)C(=O)NC(CCC(=O)O)Cc2ccccc2)C1. The molecule has 1 aliphatic rings. The van der Waals surface area contributed by atoms with E-state index in [1.807, 2.05) is 30.3 Å². The molecule has 6 nitrogen and oxygen atoms in total. The van der Waals surface area contributed by atoms with Gasteiger partial charge in [-0.05, 0) is 31.2 Å². The van der Waals surface area contributed by atoms with Crippen molar-refractivity contribution in [3.63, 3.8) is 0 Å². The minimum atomic E-state index is -0.849. The molecule has 2 N–H and O–H groups in total. The Morgan fingerprint density at radius 2 is 2.00 bits per heavy atom. The van der Waals surface area contributed by atoms with Gasteiger partial charge in [-0.3, -0.25) is 4.79 Å². The number of urea groups is 1. The number of carboxylic acid groups (broad SMARTS) is 1. The molecule has 1 fully saturated rings. The van der Waals surface area contributed by atoms with Crippen molar-refractivity contribution in [3.05, 3.63) is 35.9 Å². The van der Waals surface area contributed by atoms with E-state index in [2.05, 4.69) is 5.32 Å². The number of nitrogens with one attached hydrogen (secondary N) is 1. The van der Waals surface area contributed by atoms with Gasteiger partial charge in [0, 0.05) is 32.7 Å². The molecule has 2 amide bonds. The second-order valence-corrected chi connectivity index (χ2v) is 6.36. The van der Waals surface area contributed by atoms with Gasteiger partial charge in [-0.25, -0.2) is 4.79 Å². The number of ether oxygens (including phenoxy) is 1. The van der Waals surface area contributed by atoms with Gasteiger partial charge in [0.25, 0.3) is 0 Å². The number of amides is 2. The average Bonchev–Trinajstić information content (AvgIpc) is 2.52. The third kappa shape index (κ3) is 5.23. The number of hydrogen-bond donors (Lipinski definition) is 2. The van der Waals surface area contributed by atoms with Crippen molar-refractivity contribution in [1.29, 1.82) is 0 Å². The number of carbonyl (C=O) groups excluding carboxylic acids is 1. The van der Waals surface area contributed by atoms with Crippen LogP contribution in [0.25, 0.3) is 0 Å². The Morgan fingerprint density at radius 3 is 2.58 bits per heavy atom. The molecule has 1 aliphatic carbocycles. The summed E-state index contributed by atoms with van der Waals surface area (Å²) < 4.78 is 5.25. The Balaban J connectivity index is 1.91. The first-order valence-electron chi connectivity index (χ1n) is 8.31. The van der Waals surface area contributed by atoms with Crippen molar-refractivity contribution in [3.8, 4) is 0 Å². The van der Waals surface area contributed by atoms with E-state index in [1.54, 1.807) is 19.1 Å². The number of carbonyl (C=O) groups is 2. The summed E-state index contributed by atoms with van der Waals surface area (Å²) in [7, 11) is 3.46. The van der Waals surface area contributed by atoms with Gasteiger partial charge in [0.05, 0.1) is 6.10 Å². The van der Waals surface area contributed by atoms with Crippen LogP contribution < -0.4 is 5.32 Å². The van der Waals surface area contributed by atoms with Crippen LogP contribution in [0, 0.1) is 0 Å². The summed E-state index contributed by atoms with van der Waals surface area (Å²) >= 11 is 0. The number of rotatable bonds is 8. The zero-order valence-corrected chi connectivity index (χ0v) is 14.3. The minimum Gasteiger partial charge on any atom is -0.481 e. The van der Waals surface area contributed by atoms with E-state index >= 15 is 0 Å². The van der Waals surface area contributed by atoms with E-state index < -0.39 is 5.97 Å². The van der Waals surface area contributed by atoms with Gasteiger partial charge in [-0.15, -0.1) is 0 Å². The molecule has 1 aromatic rings. The number of benzene rings is 1. The molecule has 132 valence electrons. The fourth-order valence-electron chi connectivity index (χ4n) is 2.91. The van der Waals surface area contributed by atoms with E-state index in [-0.39, 0.29) is 30.6 Å². The number of aliphatic carboxylic acids is 1. The molecular weight excluding hydrogens is 308 g/mol. The van der Waals surface area contributed by atoms with Crippen molar-refractivity contribution in [2.75, 3.05) is 14.2 Å². The number of methoxy groups -OCH3 is 1. The molecular formula is C18H26N2O4. The Kier molecular flexibility index (Phi) is 6.61. The minimum absolute atomic E-state index is 0.0384. The highest BCUT2D eigenvalue weighted by Crippen LogP contribution is 2.27. The predicted molar refractivity (Wildman–Crippen MR) is 90.9 cm³/mol. The molecule has 0 aromatic heterocycles. The summed E-state index contributed by atoms with van der Waals surface area (Å²) in [6.45, 7) is 0. The van der Waals surface area contributed by atoms with Crippen molar-refractivity contribution >= 4 is 12.0 Å². The maximum absolute atomic E-state index is 12.4. The second-order valence-electron chi connectivity index (χ2n) is 6.36. The van der Waals surface area contributed by atoms with Gasteiger partial charge < -0.3 is 20.1 Å². The number of carboxylic acids is 1. The zero-order valence-electron chi connectivity index (χ0n) is 14.3. The van der Waals surface area contributed by atoms with Crippen LogP contribution in [0.2, 0.25) is 0 Å². The Bertz CT molecular complexity index is 543. The van der Waals surface area contributed by atoms with Crippen molar-refractivity contribution in [1.82, 2.24) is 10.2 Å². The molecule has 1 unspecified atom stereocenters. The summed E-state index contributed by atoms with van der Waals surface area (Å²) in [4.78, 5) is 25.0. The fraction of sp³-hybridized carbons (Fsp3) is 0.556. The maximum atomic E-state index is 12.4. The molecule has 0 heterocycles. The quantitative estimate of drug-likeness (QED) is 0.764. The standard InChI is InChI=1S/C18H26N2O4/c1-20(15-11-16(12-15)24-2)18(23)19-14(8-9-17(21)22)10-13-6-4-3-5-7-13/h3-7,14-16H,8-12H2,1-2H3,(H,19,23)(H,21,22). The van der Waals surface area contributed by atoms with Crippen LogP contribution in [-0.2, 0) is 16.0 Å². The molecule has 2 rings (SSSR count). The number of hydrogen-bond acceptors (Lipinski definition) is 3. The van der Waals surface area contributed by atoms with Gasteiger partial charge >= 0.3 is 12.0 Å². The van der Waals surface area contributed by atoms with Gasteiger partial charge in [-0.2, -0.15) is 0 Å². The van der Waals surface area contributed by atoms with Gasteiger partial charge in [0.15, 0.2) is 0 Å². The first-order valence-corrected chi connectivity index (χ1v) is 8.31. The molecule has 0 saturated heterocycles. The molecule has 1 saturated carbocycles. The lowest BCUT2D eigenvalue weighted by molar-refractivity contribution is -0.137. The fourth-order valence-corrected chi connectivity index (χ4v) is 2.91. The second kappa shape index (κ2) is 8.68. The number of nitrogens with zero attached hydrogens (tertiary/aromatic N) is 1. The van der Waals surface area contributed by atoms with Crippen LogP contribution in [0.4, 0.5) is 4.79 Å². The Morgan fingerprint density at radius 1 is 1.33 bits per heavy atom. The van der Waals surface area contributed by atoms with Crippen molar-refractivity contribution in [2.45, 2.75) is 50.3 Å². The van der Waals surface area contributed by atoms with Crippen molar-refractivity contribution in [2.24, 2.45) is 0 Å². The third-order valence-corrected chi connectivity index (χ3v) is 4.63. The van der Waals surface area contributed by atoms with Crippen LogP contribution in [0.15, 0.2) is 30.3 Å². The van der Waals surface area contributed by atoms with Gasteiger partial charge in [0.2, 0.25) is 0 Å². The normalized spacial score (nSPS) is 20.8. The summed E-state index contributed by atoms with van der Waals surface area (Å²) in [6, 6.07) is 9.63. The molecule has 0 bridgehead atoms. The van der Waals surface area contributed by atoms with E-state index in [1.165, 1.54) is 0 Å². The van der Waals surface area contributed by atoms with E-state index in [0.29, 0.717) is 12.8 Å². The molecule has 0 radical (unpaired) electrons. The average molecular weight is 334 g/mol. The molecule has 0 aliphatic heterocycles. The molecule has 0 spiro atoms. The Hall–Kier alpha value is -2.08. The van der Waals surface area contributed by atoms with Gasteiger partial charge in [-0.1, -0.05) is 30.3 Å².